The second kappa shape index (κ2) is 7.28. The maximum atomic E-state index is 12.0. The first-order chi connectivity index (χ1) is 10.9. The number of hydrogen-bond donors (Lipinski definition) is 0. The van der Waals surface area contributed by atoms with Gasteiger partial charge in [0.15, 0.2) is 6.61 Å². The molecule has 0 amide bonds. The normalized spacial score (nSPS) is 10.4. The fourth-order valence-electron chi connectivity index (χ4n) is 2.01. The highest BCUT2D eigenvalue weighted by atomic mass is 35.5. The predicted molar refractivity (Wildman–Crippen MR) is 84.6 cm³/mol. The molecular weight excluding hydrogens is 320 g/mol. The Morgan fingerprint density at radius 1 is 1.22 bits per heavy atom. The van der Waals surface area contributed by atoms with Gasteiger partial charge in [0.1, 0.15) is 10.7 Å². The second-order valence-corrected chi connectivity index (χ2v) is 5.40. The molecule has 2 aromatic rings. The number of carbonyl (C=O) groups is 2. The fourth-order valence-corrected chi connectivity index (χ4v) is 2.32. The van der Waals surface area contributed by atoms with Crippen molar-refractivity contribution in [2.75, 3.05) is 13.7 Å². The van der Waals surface area contributed by atoms with E-state index >= 15 is 0 Å². The lowest BCUT2D eigenvalue weighted by molar-refractivity contribution is -0.144. The first kappa shape index (κ1) is 17.0. The van der Waals surface area contributed by atoms with Crippen LogP contribution in [0.2, 0.25) is 5.15 Å². The molecule has 0 aliphatic rings. The molecule has 0 fully saturated rings. The van der Waals surface area contributed by atoms with Crippen molar-refractivity contribution in [2.45, 2.75) is 20.4 Å². The molecule has 6 nitrogen and oxygen atoms in total. The van der Waals surface area contributed by atoms with Gasteiger partial charge in [0.2, 0.25) is 0 Å². The Labute approximate surface area is 139 Å². The summed E-state index contributed by atoms with van der Waals surface area (Å²) in [4.78, 5) is 23.1. The molecule has 0 saturated carbocycles. The van der Waals surface area contributed by atoms with Crippen molar-refractivity contribution in [3.05, 3.63) is 51.8 Å². The third-order valence-corrected chi connectivity index (χ3v) is 3.66. The molecule has 0 unspecified atom stereocenters. The number of carbonyl (C=O) groups excluding carboxylic acids is 2. The largest absolute Gasteiger partial charge is 0.466 e. The molecule has 0 atom stereocenters. The molecule has 7 heteroatoms. The zero-order valence-electron chi connectivity index (χ0n) is 13.1. The number of halogens is 1. The minimum Gasteiger partial charge on any atom is -0.466 e. The third-order valence-electron chi connectivity index (χ3n) is 3.27. The summed E-state index contributed by atoms with van der Waals surface area (Å²) in [6, 6.07) is 7.92. The van der Waals surface area contributed by atoms with Gasteiger partial charge >= 0.3 is 11.9 Å². The van der Waals surface area contributed by atoms with E-state index in [9.17, 15) is 9.59 Å². The summed E-state index contributed by atoms with van der Waals surface area (Å²) in [5.41, 5.74) is 2.76. The van der Waals surface area contributed by atoms with Crippen LogP contribution in [-0.2, 0) is 20.8 Å². The summed E-state index contributed by atoms with van der Waals surface area (Å²) in [5, 5.41) is 4.44. The van der Waals surface area contributed by atoms with Crippen LogP contribution in [0.25, 0.3) is 0 Å². The van der Waals surface area contributed by atoms with Crippen LogP contribution in [0.4, 0.5) is 0 Å². The van der Waals surface area contributed by atoms with Crippen LogP contribution in [0.1, 0.15) is 27.2 Å². The van der Waals surface area contributed by atoms with Gasteiger partial charge < -0.3 is 9.47 Å². The number of nitrogens with zero attached hydrogens (tertiary/aromatic N) is 2. The smallest absolute Gasteiger partial charge is 0.344 e. The summed E-state index contributed by atoms with van der Waals surface area (Å²) in [6.07, 6.45) is 0. The molecule has 0 aliphatic carbocycles. The molecule has 2 rings (SSSR count). The van der Waals surface area contributed by atoms with Crippen LogP contribution < -0.4 is 0 Å². The average Bonchev–Trinajstić information content (AvgIpc) is 2.81. The summed E-state index contributed by atoms with van der Waals surface area (Å²) in [7, 11) is 1.22. The van der Waals surface area contributed by atoms with Gasteiger partial charge in [-0.1, -0.05) is 41.4 Å². The van der Waals surface area contributed by atoms with Crippen LogP contribution in [0.15, 0.2) is 24.3 Å². The number of methoxy groups -OCH3 is 1. The van der Waals surface area contributed by atoms with E-state index in [0.717, 1.165) is 11.1 Å². The van der Waals surface area contributed by atoms with Gasteiger partial charge in [-0.15, -0.1) is 0 Å². The highest BCUT2D eigenvalue weighted by Crippen LogP contribution is 2.22. The lowest BCUT2D eigenvalue weighted by Crippen LogP contribution is -2.15. The van der Waals surface area contributed by atoms with Crippen molar-refractivity contribution in [2.24, 2.45) is 0 Å². The number of esters is 2. The van der Waals surface area contributed by atoms with E-state index in [2.05, 4.69) is 9.84 Å². The Kier molecular flexibility index (Phi) is 5.39. The van der Waals surface area contributed by atoms with Gasteiger partial charge in [-0.05, 0) is 19.4 Å². The standard InChI is InChI=1S/C16H17ClN2O4/c1-10-4-6-12(7-5-10)8-19-15(17)14(11(2)18-19)16(21)23-9-13(20)22-3/h4-7H,8-9H2,1-3H3. The first-order valence-corrected chi connectivity index (χ1v) is 7.32. The molecule has 0 aliphatic heterocycles. The van der Waals surface area contributed by atoms with Crippen molar-refractivity contribution in [1.29, 1.82) is 0 Å². The van der Waals surface area contributed by atoms with Gasteiger partial charge in [-0.3, -0.25) is 0 Å². The van der Waals surface area contributed by atoms with Gasteiger partial charge in [0.05, 0.1) is 19.3 Å². The Hall–Kier alpha value is -2.34. The van der Waals surface area contributed by atoms with Crippen molar-refractivity contribution in [3.63, 3.8) is 0 Å². The van der Waals surface area contributed by atoms with Crippen molar-refractivity contribution in [1.82, 2.24) is 9.78 Å². The molecule has 1 aromatic heterocycles. The van der Waals surface area contributed by atoms with Crippen molar-refractivity contribution in [3.8, 4) is 0 Å². The Balaban J connectivity index is 2.16. The summed E-state index contributed by atoms with van der Waals surface area (Å²) >= 11 is 6.24. The number of ether oxygens (including phenoxy) is 2. The van der Waals surface area contributed by atoms with Gasteiger partial charge in [-0.25, -0.2) is 14.3 Å². The quantitative estimate of drug-likeness (QED) is 0.785. The molecule has 0 N–H and O–H groups in total. The Morgan fingerprint density at radius 2 is 1.87 bits per heavy atom. The number of aromatic nitrogens is 2. The zero-order valence-corrected chi connectivity index (χ0v) is 13.9. The van der Waals surface area contributed by atoms with E-state index in [4.69, 9.17) is 16.3 Å². The second-order valence-electron chi connectivity index (χ2n) is 5.05. The van der Waals surface area contributed by atoms with Crippen LogP contribution >= 0.6 is 11.6 Å². The van der Waals surface area contributed by atoms with Gasteiger partial charge in [0, 0.05) is 0 Å². The van der Waals surface area contributed by atoms with Crippen LogP contribution in [0.3, 0.4) is 0 Å². The SMILES string of the molecule is COC(=O)COC(=O)c1c(C)nn(Cc2ccc(C)cc2)c1Cl. The number of hydrogen-bond acceptors (Lipinski definition) is 5. The highest BCUT2D eigenvalue weighted by Gasteiger charge is 2.22. The zero-order chi connectivity index (χ0) is 17.0. The summed E-state index contributed by atoms with van der Waals surface area (Å²) < 4.78 is 10.8. The average molecular weight is 337 g/mol. The van der Waals surface area contributed by atoms with Gasteiger partial charge in [-0.2, -0.15) is 5.10 Å². The highest BCUT2D eigenvalue weighted by molar-refractivity contribution is 6.32. The first-order valence-electron chi connectivity index (χ1n) is 6.94. The lowest BCUT2D eigenvalue weighted by Gasteiger charge is -2.05. The van der Waals surface area contributed by atoms with Crippen LogP contribution in [-0.4, -0.2) is 35.4 Å². The molecule has 0 radical (unpaired) electrons. The predicted octanol–water partition coefficient (Wildman–Crippen LogP) is 2.53. The molecule has 23 heavy (non-hydrogen) atoms. The monoisotopic (exact) mass is 336 g/mol. The van der Waals surface area contributed by atoms with E-state index in [-0.39, 0.29) is 10.7 Å². The molecule has 1 heterocycles. The van der Waals surface area contributed by atoms with Crippen molar-refractivity contribution >= 4 is 23.5 Å². The molecule has 1 aromatic carbocycles. The fraction of sp³-hybridized carbons (Fsp3) is 0.312. The Bertz CT molecular complexity index is 722. The molecule has 0 spiro atoms. The third kappa shape index (κ3) is 4.10. The van der Waals surface area contributed by atoms with Crippen LogP contribution in [0.5, 0.6) is 0 Å². The van der Waals surface area contributed by atoms with Crippen LogP contribution in [0, 0.1) is 13.8 Å². The molecule has 122 valence electrons. The van der Waals surface area contributed by atoms with E-state index in [1.165, 1.54) is 11.8 Å². The summed E-state index contributed by atoms with van der Waals surface area (Å²) in [5.74, 6) is -1.34. The van der Waals surface area contributed by atoms with Gasteiger partial charge in [0.25, 0.3) is 0 Å². The van der Waals surface area contributed by atoms with Crippen molar-refractivity contribution < 1.29 is 19.1 Å². The summed E-state index contributed by atoms with van der Waals surface area (Å²) in [6.45, 7) is 3.63. The van der Waals surface area contributed by atoms with E-state index in [0.29, 0.717) is 12.2 Å². The maximum Gasteiger partial charge on any atom is 0.344 e. The number of rotatable bonds is 5. The minimum atomic E-state index is -0.701. The Morgan fingerprint density at radius 3 is 2.48 bits per heavy atom. The number of benzene rings is 1. The lowest BCUT2D eigenvalue weighted by atomic mass is 10.1. The topological polar surface area (TPSA) is 70.4 Å². The molecule has 0 bridgehead atoms. The molecule has 0 saturated heterocycles. The van der Waals surface area contributed by atoms with E-state index in [1.54, 1.807) is 6.92 Å². The minimum absolute atomic E-state index is 0.155. The maximum absolute atomic E-state index is 12.0. The molecular formula is C16H17ClN2O4. The number of aryl methyl sites for hydroxylation is 2. The van der Waals surface area contributed by atoms with E-state index in [1.807, 2.05) is 31.2 Å². The van der Waals surface area contributed by atoms with E-state index < -0.39 is 18.5 Å².